The summed E-state index contributed by atoms with van der Waals surface area (Å²) in [5, 5.41) is 2.98. The van der Waals surface area contributed by atoms with Gasteiger partial charge in [-0.25, -0.2) is 9.18 Å². The summed E-state index contributed by atoms with van der Waals surface area (Å²) < 4.78 is 18.3. The van der Waals surface area contributed by atoms with Gasteiger partial charge in [0.05, 0.1) is 29.1 Å². The second kappa shape index (κ2) is 7.99. The lowest BCUT2D eigenvalue weighted by atomic mass is 10.2. The number of rotatable bonds is 5. The summed E-state index contributed by atoms with van der Waals surface area (Å²) in [6.45, 7) is 0. The topological polar surface area (TPSA) is 55.4 Å². The van der Waals surface area contributed by atoms with Crippen molar-refractivity contribution in [1.29, 1.82) is 0 Å². The summed E-state index contributed by atoms with van der Waals surface area (Å²) in [7, 11) is 1.23. The molecule has 0 spiro atoms. The molecule has 2 aromatic rings. The fraction of sp³-hybridized carbons (Fsp3) is 0.125. The van der Waals surface area contributed by atoms with E-state index in [1.165, 1.54) is 31.0 Å². The molecule has 2 rings (SSSR count). The molecule has 0 fully saturated rings. The molecule has 7 heteroatoms. The monoisotopic (exact) mass is 353 g/mol. The van der Waals surface area contributed by atoms with Crippen LogP contribution in [0.15, 0.2) is 47.4 Å². The fourth-order valence-electron chi connectivity index (χ4n) is 1.76. The number of benzene rings is 2. The lowest BCUT2D eigenvalue weighted by molar-refractivity contribution is -0.113. The van der Waals surface area contributed by atoms with Crippen LogP contribution in [0.2, 0.25) is 5.02 Å². The second-order valence-corrected chi connectivity index (χ2v) is 5.88. The molecule has 1 N–H and O–H groups in total. The van der Waals surface area contributed by atoms with Crippen LogP contribution >= 0.6 is 23.4 Å². The molecule has 2 aromatic carbocycles. The molecule has 0 atom stereocenters. The number of nitrogens with one attached hydrogen (secondary N) is 1. The third kappa shape index (κ3) is 4.71. The van der Waals surface area contributed by atoms with Crippen LogP contribution in [0.1, 0.15) is 10.4 Å². The maximum absolute atomic E-state index is 13.7. The summed E-state index contributed by atoms with van der Waals surface area (Å²) in [4.78, 5) is 24.1. The summed E-state index contributed by atoms with van der Waals surface area (Å²) >= 11 is 7.24. The van der Waals surface area contributed by atoms with E-state index in [2.05, 4.69) is 10.1 Å². The second-order valence-electron chi connectivity index (χ2n) is 4.45. The maximum atomic E-state index is 13.7. The molecule has 0 heterocycles. The first-order chi connectivity index (χ1) is 11.0. The molecular weight excluding hydrogens is 341 g/mol. The third-order valence-corrected chi connectivity index (χ3v) is 4.37. The Balaban J connectivity index is 2.02. The van der Waals surface area contributed by atoms with Gasteiger partial charge in [-0.15, -0.1) is 11.8 Å². The van der Waals surface area contributed by atoms with Gasteiger partial charge in [-0.1, -0.05) is 23.7 Å². The number of thioether (sulfide) groups is 1. The number of carbonyl (C=O) groups excluding carboxylic acids is 2. The highest BCUT2D eigenvalue weighted by Gasteiger charge is 2.12. The Morgan fingerprint density at radius 2 is 2.00 bits per heavy atom. The molecule has 4 nitrogen and oxygen atoms in total. The number of hydrogen-bond acceptors (Lipinski definition) is 4. The molecule has 0 aromatic heterocycles. The van der Waals surface area contributed by atoms with Crippen molar-refractivity contribution >= 4 is 40.9 Å². The summed E-state index contributed by atoms with van der Waals surface area (Å²) in [5.74, 6) is -1.58. The SMILES string of the molecule is COC(=O)c1ccc(F)c(NC(=O)CSc2ccccc2Cl)c1. The van der Waals surface area contributed by atoms with E-state index < -0.39 is 17.7 Å². The van der Waals surface area contributed by atoms with E-state index in [9.17, 15) is 14.0 Å². The van der Waals surface area contributed by atoms with Gasteiger partial charge in [0.2, 0.25) is 5.91 Å². The summed E-state index contributed by atoms with van der Waals surface area (Å²) in [6.07, 6.45) is 0. The van der Waals surface area contributed by atoms with Gasteiger partial charge in [0.1, 0.15) is 5.82 Å². The van der Waals surface area contributed by atoms with Crippen LogP contribution in [0, 0.1) is 5.82 Å². The van der Waals surface area contributed by atoms with Crippen LogP contribution in [0.25, 0.3) is 0 Å². The average molecular weight is 354 g/mol. The third-order valence-electron chi connectivity index (χ3n) is 2.86. The van der Waals surface area contributed by atoms with E-state index >= 15 is 0 Å². The zero-order chi connectivity index (χ0) is 16.8. The van der Waals surface area contributed by atoms with Crippen LogP contribution in [-0.2, 0) is 9.53 Å². The first kappa shape index (κ1) is 17.3. The molecule has 0 saturated heterocycles. The Bertz CT molecular complexity index is 739. The van der Waals surface area contributed by atoms with Gasteiger partial charge in [0.15, 0.2) is 0 Å². The lowest BCUT2D eigenvalue weighted by Crippen LogP contribution is -2.15. The predicted molar refractivity (Wildman–Crippen MR) is 88.5 cm³/mol. The van der Waals surface area contributed by atoms with E-state index in [1.807, 2.05) is 6.07 Å². The smallest absolute Gasteiger partial charge is 0.337 e. The lowest BCUT2D eigenvalue weighted by Gasteiger charge is -2.08. The van der Waals surface area contributed by atoms with Gasteiger partial charge in [-0.2, -0.15) is 0 Å². The quantitative estimate of drug-likeness (QED) is 0.652. The standard InChI is InChI=1S/C16H13ClFNO3S/c1-22-16(21)10-6-7-12(18)13(8-10)19-15(20)9-23-14-5-3-2-4-11(14)17/h2-8H,9H2,1H3,(H,19,20). The van der Waals surface area contributed by atoms with Crippen molar-refractivity contribution < 1.29 is 18.7 Å². The molecule has 0 radical (unpaired) electrons. The summed E-state index contributed by atoms with van der Waals surface area (Å²) in [6, 6.07) is 10.7. The van der Waals surface area contributed by atoms with Crippen LogP contribution < -0.4 is 5.32 Å². The minimum Gasteiger partial charge on any atom is -0.465 e. The first-order valence-corrected chi connectivity index (χ1v) is 7.92. The van der Waals surface area contributed by atoms with Gasteiger partial charge in [-0.05, 0) is 30.3 Å². The van der Waals surface area contributed by atoms with Crippen molar-refractivity contribution in [1.82, 2.24) is 0 Å². The van der Waals surface area contributed by atoms with E-state index in [0.717, 1.165) is 11.0 Å². The van der Waals surface area contributed by atoms with Crippen molar-refractivity contribution in [2.24, 2.45) is 0 Å². The van der Waals surface area contributed by atoms with Gasteiger partial charge < -0.3 is 10.1 Å². The Morgan fingerprint density at radius 1 is 1.26 bits per heavy atom. The molecule has 0 aliphatic carbocycles. The minimum atomic E-state index is -0.631. The Kier molecular flexibility index (Phi) is 6.01. The van der Waals surface area contributed by atoms with Gasteiger partial charge in [-0.3, -0.25) is 4.79 Å². The molecular formula is C16H13ClFNO3S. The normalized spacial score (nSPS) is 10.2. The fourth-order valence-corrected chi connectivity index (χ4v) is 2.80. The van der Waals surface area contributed by atoms with E-state index in [1.54, 1.807) is 18.2 Å². The molecule has 120 valence electrons. The highest BCUT2D eigenvalue weighted by Crippen LogP contribution is 2.26. The Hall–Kier alpha value is -2.05. The van der Waals surface area contributed by atoms with Crippen LogP contribution in [-0.4, -0.2) is 24.7 Å². The van der Waals surface area contributed by atoms with Crippen molar-refractivity contribution in [3.8, 4) is 0 Å². The maximum Gasteiger partial charge on any atom is 0.337 e. The number of halogens is 2. The van der Waals surface area contributed by atoms with Crippen LogP contribution in [0.3, 0.4) is 0 Å². The van der Waals surface area contributed by atoms with Crippen LogP contribution in [0.4, 0.5) is 10.1 Å². The predicted octanol–water partition coefficient (Wildman–Crippen LogP) is 4.00. The molecule has 1 amide bonds. The highest BCUT2D eigenvalue weighted by molar-refractivity contribution is 8.00. The zero-order valence-electron chi connectivity index (χ0n) is 12.1. The highest BCUT2D eigenvalue weighted by atomic mass is 35.5. The molecule has 0 bridgehead atoms. The summed E-state index contributed by atoms with van der Waals surface area (Å²) in [5.41, 5.74) is 0.0839. The van der Waals surface area contributed by atoms with E-state index in [0.29, 0.717) is 5.02 Å². The van der Waals surface area contributed by atoms with Crippen molar-refractivity contribution in [2.75, 3.05) is 18.2 Å². The Labute approximate surface area is 142 Å². The minimum absolute atomic E-state index is 0.0611. The van der Waals surface area contributed by atoms with Gasteiger partial charge in [0, 0.05) is 4.90 Å². The average Bonchev–Trinajstić information content (AvgIpc) is 2.55. The number of esters is 1. The number of methoxy groups -OCH3 is 1. The molecule has 0 saturated carbocycles. The molecule has 0 unspecified atom stereocenters. The number of amides is 1. The van der Waals surface area contributed by atoms with E-state index in [4.69, 9.17) is 11.6 Å². The number of anilines is 1. The molecule has 23 heavy (non-hydrogen) atoms. The van der Waals surface area contributed by atoms with Crippen LogP contribution in [0.5, 0.6) is 0 Å². The molecule has 0 aliphatic heterocycles. The van der Waals surface area contributed by atoms with Crippen molar-refractivity contribution in [3.63, 3.8) is 0 Å². The largest absolute Gasteiger partial charge is 0.465 e. The number of hydrogen-bond donors (Lipinski definition) is 1. The van der Waals surface area contributed by atoms with Crippen molar-refractivity contribution in [2.45, 2.75) is 4.90 Å². The van der Waals surface area contributed by atoms with Crippen molar-refractivity contribution in [3.05, 3.63) is 58.9 Å². The number of ether oxygens (including phenoxy) is 1. The van der Waals surface area contributed by atoms with Gasteiger partial charge >= 0.3 is 5.97 Å². The number of carbonyl (C=O) groups is 2. The van der Waals surface area contributed by atoms with Gasteiger partial charge in [0.25, 0.3) is 0 Å². The molecule has 0 aliphatic rings. The Morgan fingerprint density at radius 3 is 2.70 bits per heavy atom. The van der Waals surface area contributed by atoms with E-state index in [-0.39, 0.29) is 17.0 Å². The zero-order valence-corrected chi connectivity index (χ0v) is 13.7. The first-order valence-electron chi connectivity index (χ1n) is 6.56.